The first-order valence-corrected chi connectivity index (χ1v) is 13.7. The van der Waals surface area contributed by atoms with Crippen molar-refractivity contribution in [2.24, 2.45) is 0 Å². The van der Waals surface area contributed by atoms with Crippen LogP contribution in [0.15, 0.2) is 75.4 Å². The fourth-order valence-electron chi connectivity index (χ4n) is 4.36. The molecule has 0 aliphatic heterocycles. The summed E-state index contributed by atoms with van der Waals surface area (Å²) in [4.78, 5) is 18.9. The Kier molecular flexibility index (Phi) is 8.72. The van der Waals surface area contributed by atoms with Crippen LogP contribution in [0, 0.1) is 18.7 Å². The molecule has 1 unspecified atom stereocenters. The first-order valence-electron chi connectivity index (χ1n) is 12.2. The Morgan fingerprint density at radius 2 is 1.80 bits per heavy atom. The van der Waals surface area contributed by atoms with Gasteiger partial charge in [-0.3, -0.25) is 9.36 Å². The Morgan fingerprint density at radius 1 is 1.07 bits per heavy atom. The third kappa shape index (κ3) is 5.51. The molecule has 1 atom stereocenters. The Bertz CT molecular complexity index is 1690. The van der Waals surface area contributed by atoms with Gasteiger partial charge in [0, 0.05) is 31.0 Å². The molecule has 1 N–H and O–H groups in total. The summed E-state index contributed by atoms with van der Waals surface area (Å²) in [7, 11) is -3.35. The number of methoxy groups -OCH3 is 1. The molecule has 0 spiro atoms. The van der Waals surface area contributed by atoms with Gasteiger partial charge in [-0.05, 0) is 43.2 Å². The van der Waals surface area contributed by atoms with Crippen molar-refractivity contribution in [2.45, 2.75) is 36.3 Å². The second kappa shape index (κ2) is 12.0. The Labute approximate surface area is 229 Å². The molecule has 40 heavy (non-hydrogen) atoms. The highest BCUT2D eigenvalue weighted by molar-refractivity contribution is 7.91. The predicted octanol–water partition coefficient (Wildman–Crippen LogP) is 4.20. The smallest absolute Gasteiger partial charge is 0.296 e. The average molecular weight is 572 g/mol. The van der Waals surface area contributed by atoms with E-state index in [2.05, 4.69) is 9.97 Å². The number of aromatic nitrogens is 3. The normalized spacial score (nSPS) is 12.4. The molecule has 0 saturated carbocycles. The molecular weight excluding hydrogens is 544 g/mol. The topological polar surface area (TPSA) is 121 Å². The lowest BCUT2D eigenvalue weighted by Gasteiger charge is -2.25. The van der Waals surface area contributed by atoms with Crippen molar-refractivity contribution in [2.75, 3.05) is 20.3 Å². The van der Waals surface area contributed by atoms with Gasteiger partial charge in [0.05, 0.1) is 17.5 Å². The molecule has 0 aliphatic carbocycles. The van der Waals surface area contributed by atoms with Crippen LogP contribution < -0.4 is 5.56 Å². The van der Waals surface area contributed by atoms with Gasteiger partial charge in [-0.1, -0.05) is 36.4 Å². The van der Waals surface area contributed by atoms with Crippen LogP contribution in [-0.4, -0.2) is 48.4 Å². The quantitative estimate of drug-likeness (QED) is 0.281. The summed E-state index contributed by atoms with van der Waals surface area (Å²) in [6.45, 7) is 3.21. The molecule has 210 valence electrons. The first-order chi connectivity index (χ1) is 19.1. The summed E-state index contributed by atoms with van der Waals surface area (Å²) in [5.74, 6) is -2.68. The maximum atomic E-state index is 15.2. The summed E-state index contributed by atoms with van der Waals surface area (Å²) in [6, 6.07) is 12.4. The van der Waals surface area contributed by atoms with Crippen LogP contribution in [0.1, 0.15) is 29.9 Å². The maximum Gasteiger partial charge on any atom is 0.296 e. The molecule has 4 rings (SSSR count). The standard InChI is InChI=1S/C28H27F2N3O6S/c1-4-39-16-24-32-27(34)25(28(35)33(24)23(15-38-3)18-8-6-5-7-9-18)40(36,37)19-10-11-21(22(29)14-19)20-12-13-31-26(30)17(20)2/h5-14,23,35H,4,15-16H2,1-3H3. The Morgan fingerprint density at radius 3 is 2.45 bits per heavy atom. The van der Waals surface area contributed by atoms with Crippen molar-refractivity contribution in [3.63, 3.8) is 0 Å². The lowest BCUT2D eigenvalue weighted by molar-refractivity contribution is 0.114. The third-order valence-corrected chi connectivity index (χ3v) is 8.11. The van der Waals surface area contributed by atoms with Crippen LogP contribution in [0.25, 0.3) is 11.1 Å². The highest BCUT2D eigenvalue weighted by atomic mass is 32.2. The summed E-state index contributed by atoms with van der Waals surface area (Å²) in [5, 5.41) is 11.4. The van der Waals surface area contributed by atoms with Gasteiger partial charge in [0.15, 0.2) is 4.90 Å². The monoisotopic (exact) mass is 571 g/mol. The third-order valence-electron chi connectivity index (χ3n) is 6.34. The molecule has 9 nitrogen and oxygen atoms in total. The maximum absolute atomic E-state index is 15.2. The van der Waals surface area contributed by atoms with E-state index >= 15 is 4.39 Å². The van der Waals surface area contributed by atoms with Crippen LogP contribution >= 0.6 is 0 Å². The molecule has 4 aromatic rings. The summed E-state index contributed by atoms with van der Waals surface area (Å²) >= 11 is 0. The minimum Gasteiger partial charge on any atom is -0.493 e. The number of aromatic hydroxyl groups is 1. The molecule has 0 fully saturated rings. The van der Waals surface area contributed by atoms with Gasteiger partial charge in [-0.2, -0.15) is 9.37 Å². The molecule has 2 aromatic carbocycles. The van der Waals surface area contributed by atoms with Crippen molar-refractivity contribution in [1.29, 1.82) is 0 Å². The highest BCUT2D eigenvalue weighted by Gasteiger charge is 2.33. The van der Waals surface area contributed by atoms with E-state index in [0.29, 0.717) is 11.6 Å². The van der Waals surface area contributed by atoms with E-state index < -0.39 is 48.9 Å². The summed E-state index contributed by atoms with van der Waals surface area (Å²) in [6.07, 6.45) is 1.17. The number of rotatable bonds is 10. The van der Waals surface area contributed by atoms with Gasteiger partial charge in [-0.15, -0.1) is 0 Å². The fourth-order valence-corrected chi connectivity index (χ4v) is 5.72. The molecular formula is C28H27F2N3O6S. The van der Waals surface area contributed by atoms with Gasteiger partial charge in [0.2, 0.25) is 21.7 Å². The molecule has 0 saturated heterocycles. The van der Waals surface area contributed by atoms with Crippen molar-refractivity contribution in [1.82, 2.24) is 14.5 Å². The van der Waals surface area contributed by atoms with Crippen LogP contribution in [0.4, 0.5) is 8.78 Å². The number of halogens is 2. The van der Waals surface area contributed by atoms with E-state index in [1.54, 1.807) is 37.3 Å². The van der Waals surface area contributed by atoms with Gasteiger partial charge < -0.3 is 14.6 Å². The number of benzene rings is 2. The van der Waals surface area contributed by atoms with E-state index in [-0.39, 0.29) is 42.3 Å². The number of sulfone groups is 1. The summed E-state index contributed by atoms with van der Waals surface area (Å²) < 4.78 is 68.5. The van der Waals surface area contributed by atoms with Crippen LogP contribution in [-0.2, 0) is 25.9 Å². The van der Waals surface area contributed by atoms with Crippen molar-refractivity contribution in [3.05, 3.63) is 99.9 Å². The molecule has 2 heterocycles. The van der Waals surface area contributed by atoms with E-state index in [0.717, 1.165) is 12.1 Å². The molecule has 12 heteroatoms. The van der Waals surface area contributed by atoms with E-state index in [1.807, 2.05) is 0 Å². The van der Waals surface area contributed by atoms with Gasteiger partial charge >= 0.3 is 0 Å². The molecule has 0 aliphatic rings. The van der Waals surface area contributed by atoms with Crippen molar-refractivity contribution < 1.29 is 31.8 Å². The summed E-state index contributed by atoms with van der Waals surface area (Å²) in [5.41, 5.74) is -0.386. The Hall–Kier alpha value is -4.00. The van der Waals surface area contributed by atoms with E-state index in [1.165, 1.54) is 30.9 Å². The number of ether oxygens (including phenoxy) is 2. The second-order valence-electron chi connectivity index (χ2n) is 8.79. The zero-order valence-electron chi connectivity index (χ0n) is 22.0. The Balaban J connectivity index is 1.91. The van der Waals surface area contributed by atoms with Crippen LogP contribution in [0.3, 0.4) is 0 Å². The predicted molar refractivity (Wildman–Crippen MR) is 142 cm³/mol. The highest BCUT2D eigenvalue weighted by Crippen LogP contribution is 2.34. The van der Waals surface area contributed by atoms with Crippen molar-refractivity contribution >= 4 is 9.84 Å². The van der Waals surface area contributed by atoms with Crippen LogP contribution in [0.5, 0.6) is 5.88 Å². The SMILES string of the molecule is CCOCc1nc(=O)c(S(=O)(=O)c2ccc(-c3ccnc(F)c3C)c(F)c2)c(O)n1C(COC)c1ccccc1. The number of hydrogen-bond donors (Lipinski definition) is 1. The lowest BCUT2D eigenvalue weighted by Crippen LogP contribution is -2.29. The molecule has 0 amide bonds. The van der Waals surface area contributed by atoms with Gasteiger partial charge in [0.1, 0.15) is 18.2 Å². The minimum atomic E-state index is -4.78. The molecule has 0 bridgehead atoms. The second-order valence-corrected chi connectivity index (χ2v) is 10.7. The largest absolute Gasteiger partial charge is 0.493 e. The lowest BCUT2D eigenvalue weighted by atomic mass is 10.0. The number of hydrogen-bond acceptors (Lipinski definition) is 8. The molecule has 0 radical (unpaired) electrons. The van der Waals surface area contributed by atoms with E-state index in [4.69, 9.17) is 9.47 Å². The zero-order chi connectivity index (χ0) is 29.0. The molecule has 2 aromatic heterocycles. The van der Waals surface area contributed by atoms with Crippen molar-refractivity contribution in [3.8, 4) is 17.0 Å². The fraction of sp³-hybridized carbons (Fsp3) is 0.250. The average Bonchev–Trinajstić information content (AvgIpc) is 2.93. The first kappa shape index (κ1) is 29.0. The van der Waals surface area contributed by atoms with Gasteiger partial charge in [0.25, 0.3) is 5.56 Å². The van der Waals surface area contributed by atoms with E-state index in [9.17, 15) is 22.7 Å². The van der Waals surface area contributed by atoms with Crippen LogP contribution in [0.2, 0.25) is 0 Å². The number of nitrogens with zero attached hydrogens (tertiary/aromatic N) is 3. The number of pyridine rings is 1. The minimum absolute atomic E-state index is 0.00803. The zero-order valence-corrected chi connectivity index (χ0v) is 22.8. The van der Waals surface area contributed by atoms with Gasteiger partial charge in [-0.25, -0.2) is 17.8 Å².